The molecule has 27 heavy (non-hydrogen) atoms. The molecule has 0 radical (unpaired) electrons. The lowest BCUT2D eigenvalue weighted by atomic mass is 9.79. The van der Waals surface area contributed by atoms with Crippen LogP contribution >= 0.6 is 0 Å². The van der Waals surface area contributed by atoms with Crippen LogP contribution in [-0.2, 0) is 33.4 Å². The molecule has 0 aliphatic carbocycles. The first-order chi connectivity index (χ1) is 12.7. The molecule has 8 heteroatoms. The lowest BCUT2D eigenvalue weighted by Crippen LogP contribution is -2.34. The number of hydrogen-bond donors (Lipinski definition) is 1. The standard InChI is InChI=1S/C19H32O8/c1-5-7-10-27-18(24)19(4,6-2)13-14(3)17(23)26-12-11-25-16(22)9-8-15(20)21/h14H,5-13H2,1-4H3,(H,20,21). The van der Waals surface area contributed by atoms with E-state index in [0.29, 0.717) is 19.4 Å². The number of aliphatic carboxylic acids is 1. The number of rotatable bonds is 14. The second kappa shape index (κ2) is 13.1. The second-order valence-electron chi connectivity index (χ2n) is 6.79. The Balaban J connectivity index is 4.28. The van der Waals surface area contributed by atoms with Crippen LogP contribution in [0.3, 0.4) is 0 Å². The second-order valence-corrected chi connectivity index (χ2v) is 6.79. The fraction of sp³-hybridized carbons (Fsp3) is 0.789. The minimum absolute atomic E-state index is 0.119. The van der Waals surface area contributed by atoms with Crippen molar-refractivity contribution in [3.63, 3.8) is 0 Å². The van der Waals surface area contributed by atoms with E-state index >= 15 is 0 Å². The molecule has 8 nitrogen and oxygen atoms in total. The van der Waals surface area contributed by atoms with Gasteiger partial charge in [-0.3, -0.25) is 19.2 Å². The first-order valence-electron chi connectivity index (χ1n) is 9.37. The van der Waals surface area contributed by atoms with Gasteiger partial charge in [0, 0.05) is 0 Å². The monoisotopic (exact) mass is 388 g/mol. The van der Waals surface area contributed by atoms with E-state index in [0.717, 1.165) is 12.8 Å². The van der Waals surface area contributed by atoms with Gasteiger partial charge in [-0.15, -0.1) is 0 Å². The summed E-state index contributed by atoms with van der Waals surface area (Å²) in [7, 11) is 0. The van der Waals surface area contributed by atoms with E-state index in [2.05, 4.69) is 0 Å². The van der Waals surface area contributed by atoms with E-state index in [1.54, 1.807) is 13.8 Å². The third kappa shape index (κ3) is 10.6. The van der Waals surface area contributed by atoms with Gasteiger partial charge < -0.3 is 19.3 Å². The molecule has 2 atom stereocenters. The van der Waals surface area contributed by atoms with E-state index in [1.165, 1.54) is 0 Å². The van der Waals surface area contributed by atoms with Gasteiger partial charge in [0.2, 0.25) is 0 Å². The zero-order valence-corrected chi connectivity index (χ0v) is 16.7. The van der Waals surface area contributed by atoms with Gasteiger partial charge >= 0.3 is 23.9 Å². The molecule has 0 saturated carbocycles. The van der Waals surface area contributed by atoms with Crippen LogP contribution in [0.1, 0.15) is 66.2 Å². The minimum atomic E-state index is -1.08. The minimum Gasteiger partial charge on any atom is -0.481 e. The van der Waals surface area contributed by atoms with E-state index in [4.69, 9.17) is 19.3 Å². The molecule has 0 spiro atoms. The van der Waals surface area contributed by atoms with Crippen molar-refractivity contribution in [2.75, 3.05) is 19.8 Å². The number of carboxylic acid groups (broad SMARTS) is 1. The highest BCUT2D eigenvalue weighted by molar-refractivity contribution is 5.78. The summed E-state index contributed by atoms with van der Waals surface area (Å²) in [5.41, 5.74) is -0.768. The third-order valence-corrected chi connectivity index (χ3v) is 4.30. The Labute approximate surface area is 160 Å². The number of carboxylic acids is 1. The molecule has 156 valence electrons. The van der Waals surface area contributed by atoms with Crippen molar-refractivity contribution in [3.8, 4) is 0 Å². The average molecular weight is 388 g/mol. The molecule has 0 saturated heterocycles. The summed E-state index contributed by atoms with van der Waals surface area (Å²) in [6, 6.07) is 0. The lowest BCUT2D eigenvalue weighted by Gasteiger charge is -2.28. The Morgan fingerprint density at radius 1 is 0.963 bits per heavy atom. The van der Waals surface area contributed by atoms with Crippen molar-refractivity contribution >= 4 is 23.9 Å². The Kier molecular flexibility index (Phi) is 12.1. The molecule has 0 heterocycles. The smallest absolute Gasteiger partial charge is 0.311 e. The number of carbonyl (C=O) groups is 4. The summed E-state index contributed by atoms with van der Waals surface area (Å²) in [6.45, 7) is 7.44. The Morgan fingerprint density at radius 2 is 1.59 bits per heavy atom. The summed E-state index contributed by atoms with van der Waals surface area (Å²) in [4.78, 5) is 46.0. The normalized spacial score (nSPS) is 13.9. The number of esters is 3. The van der Waals surface area contributed by atoms with Crippen LogP contribution in [0.5, 0.6) is 0 Å². The summed E-state index contributed by atoms with van der Waals surface area (Å²) < 4.78 is 15.1. The highest BCUT2D eigenvalue weighted by Gasteiger charge is 2.36. The van der Waals surface area contributed by atoms with E-state index in [1.807, 2.05) is 13.8 Å². The summed E-state index contributed by atoms with van der Waals surface area (Å²) in [5, 5.41) is 8.47. The number of hydrogen-bond acceptors (Lipinski definition) is 7. The van der Waals surface area contributed by atoms with E-state index < -0.39 is 29.2 Å². The molecule has 0 fully saturated rings. The van der Waals surface area contributed by atoms with Crippen molar-refractivity contribution < 1.29 is 38.5 Å². The summed E-state index contributed by atoms with van der Waals surface area (Å²) in [6.07, 6.45) is 2.03. The molecule has 0 aliphatic rings. The van der Waals surface area contributed by atoms with Gasteiger partial charge in [0.1, 0.15) is 13.2 Å². The van der Waals surface area contributed by atoms with Crippen molar-refractivity contribution in [3.05, 3.63) is 0 Å². The van der Waals surface area contributed by atoms with Crippen molar-refractivity contribution in [1.29, 1.82) is 0 Å². The van der Waals surface area contributed by atoms with Crippen LogP contribution in [0.4, 0.5) is 0 Å². The predicted molar refractivity (Wildman–Crippen MR) is 96.8 cm³/mol. The highest BCUT2D eigenvalue weighted by Crippen LogP contribution is 2.32. The number of ether oxygens (including phenoxy) is 3. The quantitative estimate of drug-likeness (QED) is 0.274. The van der Waals surface area contributed by atoms with Crippen LogP contribution in [0.2, 0.25) is 0 Å². The first kappa shape index (κ1) is 24.9. The van der Waals surface area contributed by atoms with E-state index in [-0.39, 0.29) is 32.0 Å². The van der Waals surface area contributed by atoms with Crippen LogP contribution < -0.4 is 0 Å². The maximum atomic E-state index is 12.3. The van der Waals surface area contributed by atoms with Crippen molar-refractivity contribution in [2.24, 2.45) is 11.3 Å². The van der Waals surface area contributed by atoms with Gasteiger partial charge in [-0.2, -0.15) is 0 Å². The van der Waals surface area contributed by atoms with Crippen LogP contribution in [0.25, 0.3) is 0 Å². The van der Waals surface area contributed by atoms with Crippen LogP contribution in [0, 0.1) is 11.3 Å². The fourth-order valence-corrected chi connectivity index (χ4v) is 2.34. The van der Waals surface area contributed by atoms with Gasteiger partial charge in [-0.1, -0.05) is 27.2 Å². The van der Waals surface area contributed by atoms with Gasteiger partial charge in [0.15, 0.2) is 0 Å². The molecular weight excluding hydrogens is 356 g/mol. The molecule has 1 N–H and O–H groups in total. The van der Waals surface area contributed by atoms with Gasteiger partial charge in [0.25, 0.3) is 0 Å². The lowest BCUT2D eigenvalue weighted by molar-refractivity contribution is -0.160. The zero-order valence-electron chi connectivity index (χ0n) is 16.7. The molecule has 0 amide bonds. The molecule has 0 aromatic carbocycles. The number of carbonyl (C=O) groups excluding carboxylic acids is 3. The molecule has 0 aromatic rings. The predicted octanol–water partition coefficient (Wildman–Crippen LogP) is 2.72. The maximum Gasteiger partial charge on any atom is 0.311 e. The van der Waals surface area contributed by atoms with E-state index in [9.17, 15) is 19.2 Å². The number of unbranched alkanes of at least 4 members (excludes halogenated alkanes) is 1. The molecule has 0 aliphatic heterocycles. The molecule has 0 bridgehead atoms. The first-order valence-corrected chi connectivity index (χ1v) is 9.37. The molecule has 0 aromatic heterocycles. The topological polar surface area (TPSA) is 116 Å². The van der Waals surface area contributed by atoms with Crippen LogP contribution in [-0.4, -0.2) is 48.8 Å². The molecule has 0 rings (SSSR count). The molecule has 2 unspecified atom stereocenters. The van der Waals surface area contributed by atoms with Gasteiger partial charge in [-0.05, 0) is 26.2 Å². The Morgan fingerprint density at radius 3 is 2.15 bits per heavy atom. The average Bonchev–Trinajstić information content (AvgIpc) is 2.63. The largest absolute Gasteiger partial charge is 0.481 e. The Bertz CT molecular complexity index is 502. The SMILES string of the molecule is CCCCOC(=O)C(C)(CC)CC(C)C(=O)OCCOC(=O)CCC(=O)O. The third-order valence-electron chi connectivity index (χ3n) is 4.30. The van der Waals surface area contributed by atoms with Gasteiger partial charge in [-0.25, -0.2) is 0 Å². The molecular formula is C19H32O8. The van der Waals surface area contributed by atoms with Crippen molar-refractivity contribution in [1.82, 2.24) is 0 Å². The Hall–Kier alpha value is -2.12. The van der Waals surface area contributed by atoms with Crippen LogP contribution in [0.15, 0.2) is 0 Å². The maximum absolute atomic E-state index is 12.3. The van der Waals surface area contributed by atoms with Crippen molar-refractivity contribution in [2.45, 2.75) is 66.2 Å². The fourth-order valence-electron chi connectivity index (χ4n) is 2.34. The highest BCUT2D eigenvalue weighted by atomic mass is 16.6. The zero-order chi connectivity index (χ0) is 20.9. The van der Waals surface area contributed by atoms with Gasteiger partial charge in [0.05, 0.1) is 30.8 Å². The summed E-state index contributed by atoms with van der Waals surface area (Å²) in [5.74, 6) is -3.06. The summed E-state index contributed by atoms with van der Waals surface area (Å²) >= 11 is 0.